The predicted molar refractivity (Wildman–Crippen MR) is 94.6 cm³/mol. The number of rotatable bonds is 6. The molecule has 2 rings (SSSR count). The Morgan fingerprint density at radius 1 is 1.24 bits per heavy atom. The Bertz CT molecular complexity index is 620. The fourth-order valence-corrected chi connectivity index (χ4v) is 3.06. The molecule has 3 nitrogen and oxygen atoms in total. The molecule has 0 aliphatic rings. The van der Waals surface area contributed by atoms with Gasteiger partial charge in [-0.25, -0.2) is 0 Å². The number of hydrogen-bond acceptors (Lipinski definition) is 2. The van der Waals surface area contributed by atoms with Crippen molar-refractivity contribution in [1.29, 1.82) is 0 Å². The summed E-state index contributed by atoms with van der Waals surface area (Å²) in [6.45, 7) is 9.03. The van der Waals surface area contributed by atoms with Crippen molar-refractivity contribution in [3.8, 4) is 0 Å². The summed E-state index contributed by atoms with van der Waals surface area (Å²) in [7, 11) is 0. The molecule has 0 saturated heterocycles. The van der Waals surface area contributed by atoms with Gasteiger partial charge in [0.2, 0.25) is 0 Å². The van der Waals surface area contributed by atoms with Crippen LogP contribution in [0.25, 0.3) is 0 Å². The molecular formula is C16H21Br2N3. The van der Waals surface area contributed by atoms with Crippen LogP contribution in [-0.4, -0.2) is 16.3 Å². The molecule has 1 aromatic carbocycles. The molecule has 2 aromatic rings. The van der Waals surface area contributed by atoms with Gasteiger partial charge < -0.3 is 5.32 Å². The van der Waals surface area contributed by atoms with E-state index in [-0.39, 0.29) is 0 Å². The van der Waals surface area contributed by atoms with Crippen molar-refractivity contribution in [2.45, 2.75) is 40.3 Å². The highest BCUT2D eigenvalue weighted by Gasteiger charge is 2.10. The van der Waals surface area contributed by atoms with Crippen molar-refractivity contribution in [1.82, 2.24) is 15.1 Å². The number of nitrogens with one attached hydrogen (secondary N) is 1. The van der Waals surface area contributed by atoms with Crippen LogP contribution < -0.4 is 5.32 Å². The average molecular weight is 415 g/mol. The zero-order valence-corrected chi connectivity index (χ0v) is 15.9. The summed E-state index contributed by atoms with van der Waals surface area (Å²) >= 11 is 7.26. The quantitative estimate of drug-likeness (QED) is 0.701. The molecule has 1 N–H and O–H groups in total. The van der Waals surface area contributed by atoms with E-state index in [0.29, 0.717) is 0 Å². The minimum absolute atomic E-state index is 0.779. The van der Waals surface area contributed by atoms with Crippen LogP contribution in [0.15, 0.2) is 27.1 Å². The van der Waals surface area contributed by atoms with Crippen LogP contribution in [-0.2, 0) is 13.1 Å². The van der Waals surface area contributed by atoms with Crippen molar-refractivity contribution >= 4 is 31.9 Å². The second-order valence-corrected chi connectivity index (χ2v) is 6.89. The predicted octanol–water partition coefficient (Wildman–Crippen LogP) is 4.57. The fraction of sp³-hybridized carbons (Fsp3) is 0.438. The zero-order chi connectivity index (χ0) is 15.4. The summed E-state index contributed by atoms with van der Waals surface area (Å²) in [5.74, 6) is 0. The third-order valence-electron chi connectivity index (χ3n) is 3.49. The molecule has 0 amide bonds. The van der Waals surface area contributed by atoms with Crippen LogP contribution in [0.5, 0.6) is 0 Å². The molecule has 0 fully saturated rings. The average Bonchev–Trinajstić information content (AvgIpc) is 2.69. The smallest absolute Gasteiger partial charge is 0.0738 e. The minimum Gasteiger partial charge on any atom is -0.313 e. The van der Waals surface area contributed by atoms with Gasteiger partial charge >= 0.3 is 0 Å². The molecule has 114 valence electrons. The maximum atomic E-state index is 4.57. The highest BCUT2D eigenvalue weighted by Crippen LogP contribution is 2.24. The van der Waals surface area contributed by atoms with E-state index in [1.165, 1.54) is 11.1 Å². The molecule has 0 radical (unpaired) electrons. The number of aromatic nitrogens is 2. The lowest BCUT2D eigenvalue weighted by Crippen LogP contribution is -2.14. The van der Waals surface area contributed by atoms with E-state index in [1.54, 1.807) is 0 Å². The molecule has 0 aliphatic heterocycles. The second-order valence-electron chi connectivity index (χ2n) is 5.24. The molecule has 0 saturated carbocycles. The van der Waals surface area contributed by atoms with Crippen molar-refractivity contribution in [3.63, 3.8) is 0 Å². The van der Waals surface area contributed by atoms with Crippen LogP contribution >= 0.6 is 31.9 Å². The van der Waals surface area contributed by atoms with E-state index in [9.17, 15) is 0 Å². The molecule has 1 aromatic heterocycles. The first-order valence-electron chi connectivity index (χ1n) is 7.20. The van der Waals surface area contributed by atoms with Gasteiger partial charge in [0.25, 0.3) is 0 Å². The maximum Gasteiger partial charge on any atom is 0.0738 e. The van der Waals surface area contributed by atoms with E-state index < -0.39 is 0 Å². The van der Waals surface area contributed by atoms with Gasteiger partial charge in [-0.3, -0.25) is 4.68 Å². The molecule has 0 bridgehead atoms. The molecule has 21 heavy (non-hydrogen) atoms. The second kappa shape index (κ2) is 7.56. The number of aryl methyl sites for hydroxylation is 1. The highest BCUT2D eigenvalue weighted by atomic mass is 79.9. The molecule has 1 heterocycles. The first-order valence-corrected chi connectivity index (χ1v) is 8.79. The van der Waals surface area contributed by atoms with E-state index >= 15 is 0 Å². The normalized spacial score (nSPS) is 11.1. The third kappa shape index (κ3) is 4.18. The summed E-state index contributed by atoms with van der Waals surface area (Å²) < 4.78 is 4.27. The zero-order valence-electron chi connectivity index (χ0n) is 12.7. The summed E-state index contributed by atoms with van der Waals surface area (Å²) in [5.41, 5.74) is 4.73. The van der Waals surface area contributed by atoms with Gasteiger partial charge in [0.1, 0.15) is 0 Å². The summed E-state index contributed by atoms with van der Waals surface area (Å²) in [5, 5.41) is 7.99. The monoisotopic (exact) mass is 413 g/mol. The van der Waals surface area contributed by atoms with Gasteiger partial charge in [0.15, 0.2) is 0 Å². The largest absolute Gasteiger partial charge is 0.313 e. The van der Waals surface area contributed by atoms with E-state index in [2.05, 4.69) is 74.3 Å². The van der Waals surface area contributed by atoms with Gasteiger partial charge in [0.05, 0.1) is 22.4 Å². The van der Waals surface area contributed by atoms with Crippen molar-refractivity contribution in [2.75, 3.05) is 6.54 Å². The van der Waals surface area contributed by atoms with Crippen LogP contribution in [0.1, 0.15) is 35.9 Å². The van der Waals surface area contributed by atoms with Crippen molar-refractivity contribution in [3.05, 3.63) is 49.7 Å². The van der Waals surface area contributed by atoms with Gasteiger partial charge in [-0.15, -0.1) is 0 Å². The summed E-state index contributed by atoms with van der Waals surface area (Å²) in [4.78, 5) is 0. The number of hydrogen-bond donors (Lipinski definition) is 1. The maximum absolute atomic E-state index is 4.57. The van der Waals surface area contributed by atoms with Gasteiger partial charge in [-0.2, -0.15) is 5.10 Å². The summed E-state index contributed by atoms with van der Waals surface area (Å²) in [6, 6.07) is 6.56. The molecule has 5 heteroatoms. The molecule has 0 atom stereocenters. The van der Waals surface area contributed by atoms with Crippen LogP contribution in [0.4, 0.5) is 0 Å². The first kappa shape index (κ1) is 16.7. The lowest BCUT2D eigenvalue weighted by atomic mass is 10.1. The van der Waals surface area contributed by atoms with Crippen molar-refractivity contribution < 1.29 is 0 Å². The fourth-order valence-electron chi connectivity index (χ4n) is 2.23. The molecule has 0 unspecified atom stereocenters. The first-order chi connectivity index (χ1) is 10.0. The SMILES string of the molecule is CCCNCc1ccc(Cn2nc(C)c(Br)c2C)c(Br)c1. The lowest BCUT2D eigenvalue weighted by Gasteiger charge is -2.10. The Morgan fingerprint density at radius 3 is 2.57 bits per heavy atom. The van der Waals surface area contributed by atoms with Crippen LogP contribution in [0, 0.1) is 13.8 Å². The van der Waals surface area contributed by atoms with Gasteiger partial charge in [-0.05, 0) is 59.9 Å². The van der Waals surface area contributed by atoms with Crippen molar-refractivity contribution in [2.24, 2.45) is 0 Å². The number of benzene rings is 1. The van der Waals surface area contributed by atoms with Crippen LogP contribution in [0.2, 0.25) is 0 Å². The number of nitrogens with zero attached hydrogens (tertiary/aromatic N) is 2. The van der Waals surface area contributed by atoms with E-state index in [0.717, 1.165) is 46.4 Å². The standard InChI is InChI=1S/C16H21Br2N3/c1-4-7-19-9-13-5-6-14(15(17)8-13)10-21-12(3)16(18)11(2)20-21/h5-6,8,19H,4,7,9-10H2,1-3H3. The highest BCUT2D eigenvalue weighted by molar-refractivity contribution is 9.10. The Morgan fingerprint density at radius 2 is 2.00 bits per heavy atom. The Labute approximate surface area is 143 Å². The molecule has 0 spiro atoms. The Hall–Kier alpha value is -0.650. The van der Waals surface area contributed by atoms with Gasteiger partial charge in [-0.1, -0.05) is 35.0 Å². The van der Waals surface area contributed by atoms with E-state index in [4.69, 9.17) is 0 Å². The Kier molecular flexibility index (Phi) is 6.02. The number of halogens is 2. The summed E-state index contributed by atoms with van der Waals surface area (Å²) in [6.07, 6.45) is 1.16. The Balaban J connectivity index is 2.12. The molecular weight excluding hydrogens is 394 g/mol. The van der Waals surface area contributed by atoms with E-state index in [1.807, 2.05) is 11.6 Å². The minimum atomic E-state index is 0.779. The molecule has 0 aliphatic carbocycles. The lowest BCUT2D eigenvalue weighted by molar-refractivity contribution is 0.654. The topological polar surface area (TPSA) is 29.9 Å². The third-order valence-corrected chi connectivity index (χ3v) is 5.37. The van der Waals surface area contributed by atoms with Crippen LogP contribution in [0.3, 0.4) is 0 Å². The van der Waals surface area contributed by atoms with Gasteiger partial charge in [0, 0.05) is 11.0 Å².